The van der Waals surface area contributed by atoms with Gasteiger partial charge in [-0.25, -0.2) is 4.79 Å². The zero-order valence-corrected chi connectivity index (χ0v) is 16.1. The quantitative estimate of drug-likeness (QED) is 0.701. The van der Waals surface area contributed by atoms with Gasteiger partial charge in [0.2, 0.25) is 0 Å². The maximum absolute atomic E-state index is 12.8. The third kappa shape index (κ3) is 4.09. The predicted molar refractivity (Wildman–Crippen MR) is 107 cm³/mol. The van der Waals surface area contributed by atoms with Crippen molar-refractivity contribution in [1.82, 2.24) is 15.5 Å². The van der Waals surface area contributed by atoms with Crippen molar-refractivity contribution in [2.45, 2.75) is 25.7 Å². The molecule has 3 amide bonds. The second kappa shape index (κ2) is 7.97. The van der Waals surface area contributed by atoms with Gasteiger partial charge in [-0.1, -0.05) is 42.5 Å². The summed E-state index contributed by atoms with van der Waals surface area (Å²) in [5, 5.41) is 15.2. The standard InChI is InChI=1S/C22H23N3O4/c1-14(26)11-25-12-18-19(21(25)27)20(24-22(28)23-18)16-7-9-17(10-8-16)29-13-15-5-3-2-4-6-15/h2-10,14,20,26H,11-13H2,1H3,(H2,23,24,28)/t14-,20-/m1/s1. The number of nitrogens with zero attached hydrogens (tertiary/aromatic N) is 1. The number of benzene rings is 2. The average Bonchev–Trinajstić information content (AvgIpc) is 3.01. The molecule has 29 heavy (non-hydrogen) atoms. The summed E-state index contributed by atoms with van der Waals surface area (Å²) in [5.74, 6) is 0.531. The van der Waals surface area contributed by atoms with Gasteiger partial charge in [0.05, 0.1) is 30.0 Å². The van der Waals surface area contributed by atoms with Crippen LogP contribution in [0, 0.1) is 0 Å². The SMILES string of the molecule is C[C@@H](O)CN1CC2=C(C1=O)[C@@H](c1ccc(OCc3ccccc3)cc1)NC(=O)N2. The van der Waals surface area contributed by atoms with Crippen LogP contribution in [0.2, 0.25) is 0 Å². The van der Waals surface area contributed by atoms with Gasteiger partial charge in [-0.05, 0) is 30.2 Å². The van der Waals surface area contributed by atoms with Crippen molar-refractivity contribution in [3.8, 4) is 5.75 Å². The van der Waals surface area contributed by atoms with Gasteiger partial charge in [0.25, 0.3) is 5.91 Å². The highest BCUT2D eigenvalue weighted by atomic mass is 16.5. The monoisotopic (exact) mass is 393 g/mol. The van der Waals surface area contributed by atoms with Crippen LogP contribution >= 0.6 is 0 Å². The summed E-state index contributed by atoms with van der Waals surface area (Å²) in [5.41, 5.74) is 2.98. The molecule has 2 atom stereocenters. The number of carbonyl (C=O) groups is 2. The summed E-state index contributed by atoms with van der Waals surface area (Å²) in [7, 11) is 0. The van der Waals surface area contributed by atoms with Crippen molar-refractivity contribution >= 4 is 11.9 Å². The Morgan fingerprint density at radius 2 is 1.86 bits per heavy atom. The van der Waals surface area contributed by atoms with Crippen molar-refractivity contribution < 1.29 is 19.4 Å². The fraction of sp³-hybridized carbons (Fsp3) is 0.273. The van der Waals surface area contributed by atoms with Crippen LogP contribution in [0.4, 0.5) is 4.79 Å². The van der Waals surface area contributed by atoms with E-state index in [0.717, 1.165) is 11.1 Å². The number of β-amino-alcohol motifs (C(OH)–C–C–N with tert-alkyl or cyclic N) is 1. The summed E-state index contributed by atoms with van der Waals surface area (Å²) in [6, 6.07) is 16.4. The van der Waals surface area contributed by atoms with Crippen LogP contribution in [0.3, 0.4) is 0 Å². The third-order valence-corrected chi connectivity index (χ3v) is 4.97. The first-order valence-corrected chi connectivity index (χ1v) is 9.56. The molecule has 2 heterocycles. The fourth-order valence-electron chi connectivity index (χ4n) is 3.64. The number of amides is 3. The molecule has 0 saturated carbocycles. The number of rotatable bonds is 6. The van der Waals surface area contributed by atoms with E-state index in [1.54, 1.807) is 11.8 Å². The van der Waals surface area contributed by atoms with Crippen molar-refractivity contribution in [2.75, 3.05) is 13.1 Å². The topological polar surface area (TPSA) is 90.9 Å². The van der Waals surface area contributed by atoms with Crippen molar-refractivity contribution in [3.05, 3.63) is 77.0 Å². The lowest BCUT2D eigenvalue weighted by molar-refractivity contribution is -0.126. The number of urea groups is 1. The average molecular weight is 393 g/mol. The normalized spacial score (nSPS) is 19.5. The molecule has 0 fully saturated rings. The number of ether oxygens (including phenoxy) is 1. The molecule has 7 heteroatoms. The van der Waals surface area contributed by atoms with E-state index in [-0.39, 0.29) is 18.5 Å². The Morgan fingerprint density at radius 1 is 1.14 bits per heavy atom. The van der Waals surface area contributed by atoms with Crippen LogP contribution in [-0.4, -0.2) is 41.1 Å². The van der Waals surface area contributed by atoms with Crippen LogP contribution < -0.4 is 15.4 Å². The number of hydrogen-bond acceptors (Lipinski definition) is 4. The van der Waals surface area contributed by atoms with Crippen molar-refractivity contribution in [2.24, 2.45) is 0 Å². The van der Waals surface area contributed by atoms with E-state index < -0.39 is 12.1 Å². The lowest BCUT2D eigenvalue weighted by atomic mass is 9.96. The molecule has 3 N–H and O–H groups in total. The number of aliphatic hydroxyl groups is 1. The molecule has 0 aliphatic carbocycles. The maximum Gasteiger partial charge on any atom is 0.319 e. The molecule has 0 saturated heterocycles. The van der Waals surface area contributed by atoms with Crippen LogP contribution in [0.1, 0.15) is 24.1 Å². The molecule has 2 aliphatic heterocycles. The molecular formula is C22H23N3O4. The van der Waals surface area contributed by atoms with E-state index in [1.807, 2.05) is 54.6 Å². The first-order chi connectivity index (χ1) is 14.0. The first-order valence-electron chi connectivity index (χ1n) is 9.56. The minimum absolute atomic E-state index is 0.178. The Balaban J connectivity index is 1.50. The summed E-state index contributed by atoms with van der Waals surface area (Å²) in [6.07, 6.45) is -0.636. The van der Waals surface area contributed by atoms with Crippen LogP contribution in [0.5, 0.6) is 5.75 Å². The molecule has 2 aliphatic rings. The number of carbonyl (C=O) groups excluding carboxylic acids is 2. The Kier molecular flexibility index (Phi) is 5.22. The van der Waals surface area contributed by atoms with Crippen LogP contribution in [0.25, 0.3) is 0 Å². The van der Waals surface area contributed by atoms with Gasteiger partial charge in [-0.15, -0.1) is 0 Å². The zero-order chi connectivity index (χ0) is 20.4. The Bertz CT molecular complexity index is 938. The molecule has 0 spiro atoms. The predicted octanol–water partition coefficient (Wildman–Crippen LogP) is 2.10. The smallest absolute Gasteiger partial charge is 0.319 e. The van der Waals surface area contributed by atoms with Crippen molar-refractivity contribution in [3.63, 3.8) is 0 Å². The minimum atomic E-state index is -0.636. The van der Waals surface area contributed by atoms with Gasteiger partial charge in [0.15, 0.2) is 0 Å². The molecule has 2 aromatic rings. The second-order valence-corrected chi connectivity index (χ2v) is 7.30. The van der Waals surface area contributed by atoms with E-state index in [4.69, 9.17) is 4.74 Å². The van der Waals surface area contributed by atoms with Gasteiger partial charge in [-0.3, -0.25) is 4.79 Å². The Labute approximate surface area is 169 Å². The second-order valence-electron chi connectivity index (χ2n) is 7.30. The molecule has 0 aromatic heterocycles. The summed E-state index contributed by atoms with van der Waals surface area (Å²) < 4.78 is 5.81. The summed E-state index contributed by atoms with van der Waals surface area (Å²) in [4.78, 5) is 26.5. The highest BCUT2D eigenvalue weighted by molar-refractivity contribution is 6.01. The first kappa shape index (κ1) is 19.0. The van der Waals surface area contributed by atoms with Crippen LogP contribution in [-0.2, 0) is 11.4 Å². The Morgan fingerprint density at radius 3 is 2.55 bits per heavy atom. The number of nitrogens with one attached hydrogen (secondary N) is 2. The van der Waals surface area contributed by atoms with Gasteiger partial charge >= 0.3 is 6.03 Å². The lowest BCUT2D eigenvalue weighted by Gasteiger charge is -2.25. The van der Waals surface area contributed by atoms with E-state index >= 15 is 0 Å². The molecular weight excluding hydrogens is 370 g/mol. The summed E-state index contributed by atoms with van der Waals surface area (Å²) >= 11 is 0. The molecule has 0 radical (unpaired) electrons. The van der Waals surface area contributed by atoms with Gasteiger partial charge in [0.1, 0.15) is 12.4 Å². The van der Waals surface area contributed by atoms with Gasteiger partial charge in [-0.2, -0.15) is 0 Å². The molecule has 7 nitrogen and oxygen atoms in total. The number of aliphatic hydroxyl groups excluding tert-OH is 1. The highest BCUT2D eigenvalue weighted by Crippen LogP contribution is 2.33. The van der Waals surface area contributed by atoms with E-state index in [0.29, 0.717) is 30.2 Å². The van der Waals surface area contributed by atoms with Crippen LogP contribution in [0.15, 0.2) is 65.9 Å². The molecule has 150 valence electrons. The molecule has 4 rings (SSSR count). The fourth-order valence-corrected chi connectivity index (χ4v) is 3.64. The Hall–Kier alpha value is -3.32. The zero-order valence-electron chi connectivity index (χ0n) is 16.1. The van der Waals surface area contributed by atoms with E-state index in [9.17, 15) is 14.7 Å². The maximum atomic E-state index is 12.8. The third-order valence-electron chi connectivity index (χ3n) is 4.97. The highest BCUT2D eigenvalue weighted by Gasteiger charge is 2.40. The molecule has 0 unspecified atom stereocenters. The molecule has 0 bridgehead atoms. The van der Waals surface area contributed by atoms with E-state index in [2.05, 4.69) is 10.6 Å². The van der Waals surface area contributed by atoms with Gasteiger partial charge < -0.3 is 25.4 Å². The van der Waals surface area contributed by atoms with E-state index in [1.165, 1.54) is 0 Å². The number of hydrogen-bond donors (Lipinski definition) is 3. The lowest BCUT2D eigenvalue weighted by Crippen LogP contribution is -2.44. The van der Waals surface area contributed by atoms with Gasteiger partial charge in [0, 0.05) is 6.54 Å². The van der Waals surface area contributed by atoms with Crippen molar-refractivity contribution in [1.29, 1.82) is 0 Å². The largest absolute Gasteiger partial charge is 0.489 e. The summed E-state index contributed by atoms with van der Waals surface area (Å²) in [6.45, 7) is 2.61. The molecule has 2 aromatic carbocycles. The minimum Gasteiger partial charge on any atom is -0.489 e.